The fourth-order valence-corrected chi connectivity index (χ4v) is 4.09. The molecule has 2 rings (SSSR count). The fourth-order valence-electron chi connectivity index (χ4n) is 1.81. The third kappa shape index (κ3) is 3.30. The summed E-state index contributed by atoms with van der Waals surface area (Å²) in [6.45, 7) is 2.46. The van der Waals surface area contributed by atoms with E-state index in [-0.39, 0.29) is 16.7 Å². The lowest BCUT2D eigenvalue weighted by Crippen LogP contribution is -2.32. The van der Waals surface area contributed by atoms with E-state index < -0.39 is 15.9 Å². The highest BCUT2D eigenvalue weighted by Gasteiger charge is 2.23. The van der Waals surface area contributed by atoms with Crippen molar-refractivity contribution in [2.24, 2.45) is 0 Å². The van der Waals surface area contributed by atoms with Gasteiger partial charge in [-0.15, -0.1) is 11.3 Å². The molecule has 5 nitrogen and oxygen atoms in total. The second-order valence-electron chi connectivity index (χ2n) is 4.23. The molecule has 0 aromatic carbocycles. The van der Waals surface area contributed by atoms with Crippen LogP contribution in [0.4, 0.5) is 0 Å². The zero-order valence-corrected chi connectivity index (χ0v) is 11.6. The molecule has 1 aromatic rings. The quantitative estimate of drug-likeness (QED) is 0.910. The van der Waals surface area contributed by atoms with E-state index >= 15 is 0 Å². The first-order valence-corrected chi connectivity index (χ1v) is 8.01. The molecule has 1 amide bonds. The number of carbonyl (C=O) groups is 1. The lowest BCUT2D eigenvalue weighted by Gasteiger charge is -2.09. The van der Waals surface area contributed by atoms with Gasteiger partial charge in [-0.1, -0.05) is 0 Å². The van der Waals surface area contributed by atoms with Crippen LogP contribution in [0.2, 0.25) is 0 Å². The maximum atomic E-state index is 11.9. The van der Waals surface area contributed by atoms with Gasteiger partial charge < -0.3 is 4.74 Å². The number of hydrogen-bond donors (Lipinski definition) is 1. The summed E-state index contributed by atoms with van der Waals surface area (Å²) in [5, 5.41) is 0. The number of ether oxygens (including phenoxy) is 1. The van der Waals surface area contributed by atoms with Crippen LogP contribution in [0.5, 0.6) is 0 Å². The number of sulfonamides is 1. The monoisotopic (exact) mass is 289 g/mol. The normalized spacial score (nSPS) is 19.9. The van der Waals surface area contributed by atoms with Crippen molar-refractivity contribution < 1.29 is 17.9 Å². The van der Waals surface area contributed by atoms with Crippen molar-refractivity contribution in [2.45, 2.75) is 36.5 Å². The largest absolute Gasteiger partial charge is 0.378 e. The summed E-state index contributed by atoms with van der Waals surface area (Å²) in [5.74, 6) is -0.507. The Labute approximate surface area is 110 Å². The zero-order chi connectivity index (χ0) is 13.2. The van der Waals surface area contributed by atoms with Crippen LogP contribution in [0.15, 0.2) is 16.3 Å². The SMILES string of the molecule is Cc1ccc(S(=O)(=O)NC(=O)C[C@@H]2CCCO2)s1. The highest BCUT2D eigenvalue weighted by molar-refractivity contribution is 7.92. The molecule has 1 fully saturated rings. The Bertz CT molecular complexity index is 529. The molecule has 1 N–H and O–H groups in total. The maximum Gasteiger partial charge on any atom is 0.273 e. The molecule has 2 heterocycles. The molecule has 1 aliphatic rings. The van der Waals surface area contributed by atoms with Gasteiger partial charge in [0, 0.05) is 11.5 Å². The average molecular weight is 289 g/mol. The van der Waals surface area contributed by atoms with Gasteiger partial charge in [0.15, 0.2) is 0 Å². The van der Waals surface area contributed by atoms with Crippen LogP contribution >= 0.6 is 11.3 Å². The van der Waals surface area contributed by atoms with E-state index in [2.05, 4.69) is 4.72 Å². The van der Waals surface area contributed by atoms with Crippen molar-refractivity contribution in [1.82, 2.24) is 4.72 Å². The molecule has 1 atom stereocenters. The summed E-state index contributed by atoms with van der Waals surface area (Å²) in [4.78, 5) is 12.5. The first-order valence-electron chi connectivity index (χ1n) is 5.71. The highest BCUT2D eigenvalue weighted by Crippen LogP contribution is 2.21. The van der Waals surface area contributed by atoms with E-state index in [1.165, 1.54) is 6.07 Å². The highest BCUT2D eigenvalue weighted by atomic mass is 32.2. The number of carbonyl (C=O) groups excluding carboxylic acids is 1. The van der Waals surface area contributed by atoms with Crippen molar-refractivity contribution in [3.8, 4) is 0 Å². The molecule has 0 spiro atoms. The molecule has 100 valence electrons. The predicted molar refractivity (Wildman–Crippen MR) is 68.0 cm³/mol. The Kier molecular flexibility index (Phi) is 4.04. The van der Waals surface area contributed by atoms with Gasteiger partial charge in [0.05, 0.1) is 12.5 Å². The van der Waals surface area contributed by atoms with Crippen LogP contribution in [-0.2, 0) is 19.6 Å². The van der Waals surface area contributed by atoms with Crippen LogP contribution in [-0.4, -0.2) is 27.0 Å². The van der Waals surface area contributed by atoms with E-state index in [0.717, 1.165) is 29.1 Å². The molecule has 0 bridgehead atoms. The number of nitrogens with one attached hydrogen (secondary N) is 1. The van der Waals surface area contributed by atoms with Gasteiger partial charge in [0.1, 0.15) is 4.21 Å². The molecule has 18 heavy (non-hydrogen) atoms. The van der Waals surface area contributed by atoms with E-state index in [9.17, 15) is 13.2 Å². The van der Waals surface area contributed by atoms with Crippen molar-refractivity contribution in [3.05, 3.63) is 17.0 Å². The molecule has 1 aliphatic heterocycles. The van der Waals surface area contributed by atoms with Gasteiger partial charge in [0.2, 0.25) is 5.91 Å². The van der Waals surface area contributed by atoms with Gasteiger partial charge in [-0.3, -0.25) is 4.79 Å². The van der Waals surface area contributed by atoms with Crippen molar-refractivity contribution in [3.63, 3.8) is 0 Å². The molecule has 1 aromatic heterocycles. The summed E-state index contributed by atoms with van der Waals surface area (Å²) in [6, 6.07) is 3.21. The number of rotatable bonds is 4. The van der Waals surface area contributed by atoms with Gasteiger partial charge in [-0.05, 0) is 31.9 Å². The van der Waals surface area contributed by atoms with Gasteiger partial charge >= 0.3 is 0 Å². The smallest absolute Gasteiger partial charge is 0.273 e. The lowest BCUT2D eigenvalue weighted by molar-refractivity contribution is -0.121. The summed E-state index contributed by atoms with van der Waals surface area (Å²) in [5.41, 5.74) is 0. The van der Waals surface area contributed by atoms with Crippen LogP contribution in [0, 0.1) is 6.92 Å². The first-order chi connectivity index (χ1) is 8.47. The second-order valence-corrected chi connectivity index (χ2v) is 7.43. The Morgan fingerprint density at radius 2 is 2.33 bits per heavy atom. The third-order valence-electron chi connectivity index (χ3n) is 2.67. The molecular weight excluding hydrogens is 274 g/mol. The standard InChI is InChI=1S/C11H15NO4S2/c1-8-4-5-11(17-8)18(14,15)12-10(13)7-9-3-2-6-16-9/h4-5,9H,2-3,6-7H2,1H3,(H,12,13)/t9-/m0/s1. The first kappa shape index (κ1) is 13.5. The molecular formula is C11H15NO4S2. The summed E-state index contributed by atoms with van der Waals surface area (Å²) < 4.78 is 31.3. The van der Waals surface area contributed by atoms with Gasteiger partial charge in [0.25, 0.3) is 10.0 Å². The maximum absolute atomic E-state index is 11.9. The minimum absolute atomic E-state index is 0.101. The average Bonchev–Trinajstić information content (AvgIpc) is 2.88. The molecule has 0 radical (unpaired) electrons. The number of amides is 1. The Morgan fingerprint density at radius 1 is 1.56 bits per heavy atom. The number of thiophene rings is 1. The molecule has 7 heteroatoms. The van der Waals surface area contributed by atoms with Crippen LogP contribution in [0.3, 0.4) is 0 Å². The molecule has 1 saturated heterocycles. The summed E-state index contributed by atoms with van der Waals surface area (Å²) in [6.07, 6.45) is 1.69. The van der Waals surface area contributed by atoms with E-state index in [1.807, 2.05) is 6.92 Å². The summed E-state index contributed by atoms with van der Waals surface area (Å²) >= 11 is 1.15. The Hall–Kier alpha value is -0.920. The minimum atomic E-state index is -3.72. The predicted octanol–water partition coefficient (Wildman–Crippen LogP) is 1.43. The molecule has 0 aliphatic carbocycles. The molecule has 0 saturated carbocycles. The number of hydrogen-bond acceptors (Lipinski definition) is 5. The van der Waals surface area contributed by atoms with Gasteiger partial charge in [-0.25, -0.2) is 13.1 Å². The fraction of sp³-hybridized carbons (Fsp3) is 0.545. The van der Waals surface area contributed by atoms with Crippen molar-refractivity contribution >= 4 is 27.3 Å². The van der Waals surface area contributed by atoms with Gasteiger partial charge in [-0.2, -0.15) is 0 Å². The van der Waals surface area contributed by atoms with E-state index in [0.29, 0.717) is 6.61 Å². The third-order valence-corrected chi connectivity index (χ3v) is 5.53. The number of aryl methyl sites for hydroxylation is 1. The zero-order valence-electron chi connectivity index (χ0n) is 10.0. The van der Waals surface area contributed by atoms with E-state index in [1.54, 1.807) is 6.07 Å². The Morgan fingerprint density at radius 3 is 2.89 bits per heavy atom. The van der Waals surface area contributed by atoms with Crippen LogP contribution in [0.25, 0.3) is 0 Å². The van der Waals surface area contributed by atoms with Crippen molar-refractivity contribution in [2.75, 3.05) is 6.61 Å². The lowest BCUT2D eigenvalue weighted by atomic mass is 10.2. The van der Waals surface area contributed by atoms with E-state index in [4.69, 9.17) is 4.74 Å². The van der Waals surface area contributed by atoms with Crippen LogP contribution < -0.4 is 4.72 Å². The molecule has 0 unspecified atom stereocenters. The Balaban J connectivity index is 1.97. The topological polar surface area (TPSA) is 72.5 Å². The van der Waals surface area contributed by atoms with Crippen molar-refractivity contribution in [1.29, 1.82) is 0 Å². The minimum Gasteiger partial charge on any atom is -0.378 e. The summed E-state index contributed by atoms with van der Waals surface area (Å²) in [7, 11) is -3.72. The van der Waals surface area contributed by atoms with Crippen LogP contribution in [0.1, 0.15) is 24.1 Å². The second kappa shape index (κ2) is 5.38.